The van der Waals surface area contributed by atoms with Crippen molar-refractivity contribution < 1.29 is 4.74 Å². The van der Waals surface area contributed by atoms with Crippen LogP contribution in [0.1, 0.15) is 19.3 Å². The first-order valence-electron chi connectivity index (χ1n) is 5.41. The molecule has 1 saturated heterocycles. The highest BCUT2D eigenvalue weighted by Gasteiger charge is 2.12. The average molecular weight is 207 g/mol. The third kappa shape index (κ3) is 3.09. The molecule has 1 unspecified atom stereocenters. The van der Waals surface area contributed by atoms with Crippen molar-refractivity contribution in [1.29, 1.82) is 0 Å². The first-order valence-corrected chi connectivity index (χ1v) is 5.41. The molecule has 1 aliphatic heterocycles. The highest BCUT2D eigenvalue weighted by atomic mass is 16.5. The molecule has 1 aliphatic rings. The lowest BCUT2D eigenvalue weighted by atomic mass is 10.1. The second-order valence-corrected chi connectivity index (χ2v) is 3.84. The molecule has 4 heteroatoms. The SMILES string of the molecule is Nc1ccc(NCC2CCCCO2)cn1. The van der Waals surface area contributed by atoms with Gasteiger partial charge in [-0.05, 0) is 31.4 Å². The summed E-state index contributed by atoms with van der Waals surface area (Å²) in [5, 5.41) is 3.30. The maximum absolute atomic E-state index is 5.62. The van der Waals surface area contributed by atoms with Gasteiger partial charge in [-0.3, -0.25) is 0 Å². The van der Waals surface area contributed by atoms with Crippen LogP contribution in [0, 0.1) is 0 Å². The molecule has 4 nitrogen and oxygen atoms in total. The fraction of sp³-hybridized carbons (Fsp3) is 0.545. The summed E-state index contributed by atoms with van der Waals surface area (Å²) in [6.07, 6.45) is 5.70. The fourth-order valence-corrected chi connectivity index (χ4v) is 1.71. The normalized spacial score (nSPS) is 21.2. The summed E-state index contributed by atoms with van der Waals surface area (Å²) in [5.41, 5.74) is 6.50. The maximum atomic E-state index is 5.62. The predicted molar refractivity (Wildman–Crippen MR) is 60.7 cm³/mol. The lowest BCUT2D eigenvalue weighted by molar-refractivity contribution is 0.0247. The molecule has 1 aromatic rings. The zero-order valence-electron chi connectivity index (χ0n) is 8.78. The molecule has 0 spiro atoms. The zero-order valence-corrected chi connectivity index (χ0v) is 8.78. The lowest BCUT2D eigenvalue weighted by Crippen LogP contribution is -2.26. The van der Waals surface area contributed by atoms with Crippen LogP contribution in [0.5, 0.6) is 0 Å². The minimum absolute atomic E-state index is 0.344. The molecule has 2 rings (SSSR count). The van der Waals surface area contributed by atoms with Crippen LogP contribution < -0.4 is 11.1 Å². The summed E-state index contributed by atoms with van der Waals surface area (Å²) in [6, 6.07) is 3.73. The van der Waals surface area contributed by atoms with Crippen LogP contribution in [0.25, 0.3) is 0 Å². The summed E-state index contributed by atoms with van der Waals surface area (Å²) in [5.74, 6) is 0.550. The highest BCUT2D eigenvalue weighted by molar-refractivity contribution is 5.45. The highest BCUT2D eigenvalue weighted by Crippen LogP contribution is 2.14. The molecule has 82 valence electrons. The molecule has 1 fully saturated rings. The van der Waals surface area contributed by atoms with Gasteiger partial charge in [0.05, 0.1) is 18.0 Å². The molecule has 0 bridgehead atoms. The molecular formula is C11H17N3O. The number of rotatable bonds is 3. The molecular weight excluding hydrogens is 190 g/mol. The van der Waals surface area contributed by atoms with Crippen LogP contribution in [-0.2, 0) is 4.74 Å². The number of anilines is 2. The monoisotopic (exact) mass is 207 g/mol. The summed E-state index contributed by atoms with van der Waals surface area (Å²) in [7, 11) is 0. The van der Waals surface area contributed by atoms with Gasteiger partial charge < -0.3 is 15.8 Å². The smallest absolute Gasteiger partial charge is 0.123 e. The van der Waals surface area contributed by atoms with E-state index in [4.69, 9.17) is 10.5 Å². The Kier molecular flexibility index (Phi) is 3.40. The lowest BCUT2D eigenvalue weighted by Gasteiger charge is -2.23. The van der Waals surface area contributed by atoms with Crippen molar-refractivity contribution in [3.63, 3.8) is 0 Å². The summed E-state index contributed by atoms with van der Waals surface area (Å²) in [6.45, 7) is 1.75. The third-order valence-electron chi connectivity index (χ3n) is 2.59. The number of nitrogens with two attached hydrogens (primary N) is 1. The Morgan fingerprint density at radius 2 is 2.40 bits per heavy atom. The molecule has 0 saturated carbocycles. The van der Waals surface area contributed by atoms with Crippen LogP contribution in [-0.4, -0.2) is 24.2 Å². The van der Waals surface area contributed by atoms with Crippen LogP contribution in [0.15, 0.2) is 18.3 Å². The molecule has 1 atom stereocenters. The van der Waals surface area contributed by atoms with Gasteiger partial charge in [-0.1, -0.05) is 0 Å². The van der Waals surface area contributed by atoms with Crippen LogP contribution >= 0.6 is 0 Å². The van der Waals surface area contributed by atoms with E-state index >= 15 is 0 Å². The van der Waals surface area contributed by atoms with Gasteiger partial charge in [-0.15, -0.1) is 0 Å². The van der Waals surface area contributed by atoms with E-state index in [9.17, 15) is 0 Å². The zero-order chi connectivity index (χ0) is 10.5. The largest absolute Gasteiger partial charge is 0.384 e. The number of ether oxygens (including phenoxy) is 1. The van der Waals surface area contributed by atoms with Crippen molar-refractivity contribution in [3.8, 4) is 0 Å². The van der Waals surface area contributed by atoms with Crippen LogP contribution in [0.4, 0.5) is 11.5 Å². The number of nitrogens with one attached hydrogen (secondary N) is 1. The van der Waals surface area contributed by atoms with Gasteiger partial charge in [0.15, 0.2) is 0 Å². The second-order valence-electron chi connectivity index (χ2n) is 3.84. The van der Waals surface area contributed by atoms with Gasteiger partial charge in [0.25, 0.3) is 0 Å². The number of pyridine rings is 1. The molecule has 0 amide bonds. The van der Waals surface area contributed by atoms with Crippen molar-refractivity contribution in [2.45, 2.75) is 25.4 Å². The third-order valence-corrected chi connectivity index (χ3v) is 2.59. The first-order chi connectivity index (χ1) is 7.34. The topological polar surface area (TPSA) is 60.2 Å². The van der Waals surface area contributed by atoms with Gasteiger partial charge in [-0.25, -0.2) is 4.98 Å². The van der Waals surface area contributed by atoms with E-state index in [0.717, 1.165) is 25.3 Å². The quantitative estimate of drug-likeness (QED) is 0.791. The van der Waals surface area contributed by atoms with Crippen molar-refractivity contribution >= 4 is 11.5 Å². The molecule has 1 aromatic heterocycles. The number of nitrogens with zero attached hydrogens (tertiary/aromatic N) is 1. The molecule has 0 aliphatic carbocycles. The molecule has 2 heterocycles. The van der Waals surface area contributed by atoms with Gasteiger partial charge in [0, 0.05) is 13.2 Å². The van der Waals surface area contributed by atoms with Gasteiger partial charge >= 0.3 is 0 Å². The Balaban J connectivity index is 1.79. The average Bonchev–Trinajstić information content (AvgIpc) is 2.30. The van der Waals surface area contributed by atoms with E-state index in [1.54, 1.807) is 12.3 Å². The first kappa shape index (κ1) is 10.2. The van der Waals surface area contributed by atoms with Crippen molar-refractivity contribution in [1.82, 2.24) is 4.98 Å². The molecule has 0 radical (unpaired) electrons. The minimum atomic E-state index is 0.344. The number of nitrogen functional groups attached to an aromatic ring is 1. The predicted octanol–water partition coefficient (Wildman–Crippen LogP) is 1.64. The summed E-state index contributed by atoms with van der Waals surface area (Å²) >= 11 is 0. The fourth-order valence-electron chi connectivity index (χ4n) is 1.71. The van der Waals surface area contributed by atoms with Crippen molar-refractivity contribution in [3.05, 3.63) is 18.3 Å². The van der Waals surface area contributed by atoms with Gasteiger partial charge in [0.2, 0.25) is 0 Å². The van der Waals surface area contributed by atoms with E-state index in [2.05, 4.69) is 10.3 Å². The van der Waals surface area contributed by atoms with Gasteiger partial charge in [0.1, 0.15) is 5.82 Å². The molecule has 3 N–H and O–H groups in total. The van der Waals surface area contributed by atoms with E-state index < -0.39 is 0 Å². The van der Waals surface area contributed by atoms with Crippen LogP contribution in [0.3, 0.4) is 0 Å². The van der Waals surface area contributed by atoms with Crippen LogP contribution in [0.2, 0.25) is 0 Å². The molecule has 15 heavy (non-hydrogen) atoms. The van der Waals surface area contributed by atoms with E-state index in [-0.39, 0.29) is 0 Å². The number of hydrogen-bond donors (Lipinski definition) is 2. The van der Waals surface area contributed by atoms with E-state index in [0.29, 0.717) is 11.9 Å². The van der Waals surface area contributed by atoms with Crippen molar-refractivity contribution in [2.24, 2.45) is 0 Å². The minimum Gasteiger partial charge on any atom is -0.384 e. The van der Waals surface area contributed by atoms with E-state index in [1.807, 2.05) is 6.07 Å². The summed E-state index contributed by atoms with van der Waals surface area (Å²) in [4.78, 5) is 4.02. The second kappa shape index (κ2) is 4.98. The number of aromatic nitrogens is 1. The maximum Gasteiger partial charge on any atom is 0.123 e. The Hall–Kier alpha value is -1.29. The summed E-state index contributed by atoms with van der Waals surface area (Å²) < 4.78 is 5.62. The Morgan fingerprint density at radius 3 is 3.07 bits per heavy atom. The Morgan fingerprint density at radius 1 is 1.47 bits per heavy atom. The van der Waals surface area contributed by atoms with Crippen molar-refractivity contribution in [2.75, 3.05) is 24.2 Å². The standard InChI is InChI=1S/C11H17N3O/c12-11-5-4-9(7-14-11)13-8-10-3-1-2-6-15-10/h4-5,7,10,13H,1-3,6,8H2,(H2,12,14). The molecule has 0 aromatic carbocycles. The van der Waals surface area contributed by atoms with E-state index in [1.165, 1.54) is 12.8 Å². The number of hydrogen-bond acceptors (Lipinski definition) is 4. The van der Waals surface area contributed by atoms with Gasteiger partial charge in [-0.2, -0.15) is 0 Å². The Bertz CT molecular complexity index is 293. The Labute approximate surface area is 89.8 Å².